The molecule has 1 amide bonds. The van der Waals surface area contributed by atoms with Crippen molar-refractivity contribution in [2.75, 3.05) is 13.1 Å². The lowest BCUT2D eigenvalue weighted by atomic mass is 9.97. The van der Waals surface area contributed by atoms with Crippen molar-refractivity contribution in [3.8, 4) is 5.75 Å². The first-order valence-corrected chi connectivity index (χ1v) is 15.5. The third-order valence-electron chi connectivity index (χ3n) is 7.00. The molecule has 2 aromatic rings. The van der Waals surface area contributed by atoms with Crippen LogP contribution in [0.2, 0.25) is 10.0 Å². The molecule has 230 valence electrons. The molecule has 15 heteroatoms. The van der Waals surface area contributed by atoms with Crippen molar-refractivity contribution in [1.29, 1.82) is 0 Å². The Bertz CT molecular complexity index is 1420. The predicted molar refractivity (Wildman–Crippen MR) is 147 cm³/mol. The van der Waals surface area contributed by atoms with Gasteiger partial charge in [-0.1, -0.05) is 23.2 Å². The fraction of sp³-hybridized carbons (Fsp3) is 0.481. The van der Waals surface area contributed by atoms with Crippen molar-refractivity contribution in [3.05, 3.63) is 62.9 Å². The molecule has 42 heavy (non-hydrogen) atoms. The number of hydrogen-bond acceptors (Lipinski definition) is 6. The average molecular weight is 655 g/mol. The van der Waals surface area contributed by atoms with E-state index < -0.39 is 39.1 Å². The van der Waals surface area contributed by atoms with Gasteiger partial charge in [0.1, 0.15) is 17.7 Å². The van der Waals surface area contributed by atoms with Gasteiger partial charge in [-0.05, 0) is 85.9 Å². The molecule has 8 nitrogen and oxygen atoms in total. The minimum absolute atomic E-state index is 0.0416. The number of nitrogens with zero attached hydrogens (tertiary/aromatic N) is 1. The molecule has 0 bridgehead atoms. The van der Waals surface area contributed by atoms with Crippen LogP contribution in [-0.4, -0.2) is 60.9 Å². The lowest BCUT2D eigenvalue weighted by molar-refractivity contribution is -0.192. The van der Waals surface area contributed by atoms with Gasteiger partial charge in [0.2, 0.25) is 10.0 Å². The van der Waals surface area contributed by atoms with E-state index in [1.54, 1.807) is 24.3 Å². The van der Waals surface area contributed by atoms with Crippen molar-refractivity contribution < 1.29 is 45.4 Å². The van der Waals surface area contributed by atoms with E-state index in [0.717, 1.165) is 49.9 Å². The molecule has 0 unspecified atom stereocenters. The molecule has 2 saturated carbocycles. The number of nitrogens with one attached hydrogen (secondary N) is 1. The van der Waals surface area contributed by atoms with Crippen LogP contribution in [0.25, 0.3) is 0 Å². The average Bonchev–Trinajstić information content (AvgIpc) is 3.78. The van der Waals surface area contributed by atoms with Crippen LogP contribution in [0.4, 0.5) is 17.6 Å². The molecule has 5 rings (SSSR count). The van der Waals surface area contributed by atoms with E-state index in [4.69, 9.17) is 37.8 Å². The Morgan fingerprint density at radius 1 is 0.976 bits per heavy atom. The maximum atomic E-state index is 15.0. The first-order chi connectivity index (χ1) is 19.6. The Morgan fingerprint density at radius 2 is 1.55 bits per heavy atom. The number of ether oxygens (including phenoxy) is 1. The van der Waals surface area contributed by atoms with Crippen LogP contribution >= 0.6 is 23.2 Å². The third-order valence-corrected chi connectivity index (χ3v) is 9.25. The largest absolute Gasteiger partial charge is 0.490 e. The monoisotopic (exact) mass is 654 g/mol. The molecule has 0 spiro atoms. The summed E-state index contributed by atoms with van der Waals surface area (Å²) in [6.07, 6.45) is -0.385. The highest BCUT2D eigenvalue weighted by Crippen LogP contribution is 2.43. The van der Waals surface area contributed by atoms with E-state index in [0.29, 0.717) is 35.2 Å². The number of carboxylic acid groups (broad SMARTS) is 1. The van der Waals surface area contributed by atoms with Gasteiger partial charge < -0.3 is 9.84 Å². The molecule has 1 aliphatic heterocycles. The number of carbonyl (C=O) groups excluding carboxylic acids is 1. The number of rotatable bonds is 8. The second-order valence-electron chi connectivity index (χ2n) is 10.5. The highest BCUT2D eigenvalue weighted by molar-refractivity contribution is 7.91. The van der Waals surface area contributed by atoms with Crippen molar-refractivity contribution >= 4 is 45.1 Å². The van der Waals surface area contributed by atoms with Crippen LogP contribution in [0.1, 0.15) is 65.9 Å². The molecule has 2 aromatic carbocycles. The minimum atomic E-state index is -5.08. The molecule has 3 fully saturated rings. The summed E-state index contributed by atoms with van der Waals surface area (Å²) in [6, 6.07) is 8.12. The topological polar surface area (TPSA) is 113 Å². The van der Waals surface area contributed by atoms with Crippen LogP contribution in [0.3, 0.4) is 0 Å². The summed E-state index contributed by atoms with van der Waals surface area (Å²) in [6.45, 7) is 2.14. The van der Waals surface area contributed by atoms with E-state index in [1.807, 2.05) is 4.72 Å². The molecular weight excluding hydrogens is 627 g/mol. The Labute approximate surface area is 250 Å². The van der Waals surface area contributed by atoms with Gasteiger partial charge in [0.15, 0.2) is 0 Å². The highest BCUT2D eigenvalue weighted by Gasteiger charge is 2.39. The molecular formula is C27H28Cl2F4N2O6S. The SMILES string of the molecule is O=C(NS(=O)(=O)C1CC1)c1cc(C2CC2)c(CN2CCC(Oc3cc(Cl)cc(Cl)c3)CC2)cc1F.O=C(O)C(F)(F)F. The first-order valence-electron chi connectivity index (χ1n) is 13.2. The number of likely N-dealkylation sites (tertiary alicyclic amines) is 1. The number of benzene rings is 2. The first kappa shape index (κ1) is 32.3. The molecule has 2 aliphatic carbocycles. The molecule has 0 atom stereocenters. The van der Waals surface area contributed by atoms with Crippen LogP contribution in [0.5, 0.6) is 5.75 Å². The number of carboxylic acids is 1. The second-order valence-corrected chi connectivity index (χ2v) is 13.3. The summed E-state index contributed by atoms with van der Waals surface area (Å²) < 4.78 is 79.1. The fourth-order valence-electron chi connectivity index (χ4n) is 4.58. The van der Waals surface area contributed by atoms with Crippen LogP contribution in [0, 0.1) is 5.82 Å². The summed E-state index contributed by atoms with van der Waals surface area (Å²) in [7, 11) is -3.74. The summed E-state index contributed by atoms with van der Waals surface area (Å²) in [5.41, 5.74) is 1.59. The van der Waals surface area contributed by atoms with Gasteiger partial charge >= 0.3 is 12.1 Å². The standard InChI is InChI=1S/C25H27Cl2FN2O4S.C2HF3O2/c26-17-10-18(27)12-20(11-17)34-19-5-7-30(8-6-19)14-16-9-24(28)23(13-22(16)15-1-2-15)25(31)29-35(32,33)21-3-4-21;3-2(4,5)1(6)7/h9-13,15,19,21H,1-8,14H2,(H,29,31);(H,6,7). The number of amides is 1. The summed E-state index contributed by atoms with van der Waals surface area (Å²) in [4.78, 5) is 23.7. The summed E-state index contributed by atoms with van der Waals surface area (Å²) >= 11 is 12.1. The maximum absolute atomic E-state index is 15.0. The quantitative estimate of drug-likeness (QED) is 0.340. The number of alkyl halides is 3. The Kier molecular flexibility index (Phi) is 9.96. The molecule has 0 radical (unpaired) electrons. The highest BCUT2D eigenvalue weighted by atomic mass is 35.5. The smallest absolute Gasteiger partial charge is 0.490 e. The van der Waals surface area contributed by atoms with Crippen molar-refractivity contribution in [2.45, 2.75) is 68.5 Å². The number of piperidine rings is 1. The van der Waals surface area contributed by atoms with Crippen molar-refractivity contribution in [1.82, 2.24) is 9.62 Å². The van der Waals surface area contributed by atoms with E-state index >= 15 is 0 Å². The minimum Gasteiger partial charge on any atom is -0.490 e. The number of hydrogen-bond donors (Lipinski definition) is 2. The van der Waals surface area contributed by atoms with Crippen LogP contribution in [0.15, 0.2) is 30.3 Å². The van der Waals surface area contributed by atoms with Gasteiger partial charge in [0.25, 0.3) is 5.91 Å². The molecule has 1 heterocycles. The third kappa shape index (κ3) is 8.95. The van der Waals surface area contributed by atoms with Gasteiger partial charge in [0, 0.05) is 29.7 Å². The van der Waals surface area contributed by atoms with E-state index in [2.05, 4.69) is 4.90 Å². The van der Waals surface area contributed by atoms with Gasteiger partial charge in [-0.25, -0.2) is 22.3 Å². The van der Waals surface area contributed by atoms with Gasteiger partial charge in [-0.3, -0.25) is 9.69 Å². The lowest BCUT2D eigenvalue weighted by Crippen LogP contribution is -2.38. The predicted octanol–water partition coefficient (Wildman–Crippen LogP) is 5.91. The van der Waals surface area contributed by atoms with E-state index in [1.165, 1.54) is 6.07 Å². The van der Waals surface area contributed by atoms with Gasteiger partial charge in [-0.2, -0.15) is 13.2 Å². The number of carbonyl (C=O) groups is 2. The Hall–Kier alpha value is -2.61. The Balaban J connectivity index is 0.000000517. The molecule has 1 saturated heterocycles. The van der Waals surface area contributed by atoms with Crippen LogP contribution < -0.4 is 9.46 Å². The summed E-state index contributed by atoms with van der Waals surface area (Å²) in [5.74, 6) is -3.40. The number of sulfonamides is 1. The zero-order chi connectivity index (χ0) is 30.8. The molecule has 3 aliphatic rings. The fourth-order valence-corrected chi connectivity index (χ4v) is 6.38. The lowest BCUT2D eigenvalue weighted by Gasteiger charge is -2.32. The number of halogens is 6. The zero-order valence-electron chi connectivity index (χ0n) is 22.1. The normalized spacial score (nSPS) is 18.1. The number of aliphatic carboxylic acids is 1. The molecule has 0 aromatic heterocycles. The zero-order valence-corrected chi connectivity index (χ0v) is 24.4. The van der Waals surface area contributed by atoms with Crippen LogP contribution in [-0.2, 0) is 21.4 Å². The van der Waals surface area contributed by atoms with E-state index in [9.17, 15) is 30.8 Å². The van der Waals surface area contributed by atoms with E-state index in [-0.39, 0.29) is 17.6 Å². The van der Waals surface area contributed by atoms with Crippen molar-refractivity contribution in [2.24, 2.45) is 0 Å². The molecule has 2 N–H and O–H groups in total. The van der Waals surface area contributed by atoms with Crippen molar-refractivity contribution in [3.63, 3.8) is 0 Å². The van der Waals surface area contributed by atoms with Gasteiger partial charge in [-0.15, -0.1) is 0 Å². The maximum Gasteiger partial charge on any atom is 0.490 e. The van der Waals surface area contributed by atoms with Gasteiger partial charge in [0.05, 0.1) is 10.8 Å². The summed E-state index contributed by atoms with van der Waals surface area (Å²) in [5, 5.41) is 7.64. The Morgan fingerprint density at radius 3 is 2.05 bits per heavy atom. The second kappa shape index (κ2) is 12.9.